The highest BCUT2D eigenvalue weighted by atomic mass is 35.5. The third-order valence-electron chi connectivity index (χ3n) is 2.05. The summed E-state index contributed by atoms with van der Waals surface area (Å²) in [4.78, 5) is 1.68. The molecule has 0 bridgehead atoms. The molecule has 0 spiro atoms. The zero-order chi connectivity index (χ0) is 13.7. The van der Waals surface area contributed by atoms with Crippen LogP contribution in [-0.4, -0.2) is 0 Å². The van der Waals surface area contributed by atoms with E-state index in [1.165, 1.54) is 11.1 Å². The molecule has 0 saturated carbocycles. The summed E-state index contributed by atoms with van der Waals surface area (Å²) in [5, 5.41) is 1.50. The van der Waals surface area contributed by atoms with Gasteiger partial charge in [-0.3, -0.25) is 0 Å². The Morgan fingerprint density at radius 2 is 1.06 bits per heavy atom. The van der Waals surface area contributed by atoms with Crippen molar-refractivity contribution < 1.29 is 0 Å². The third-order valence-corrected chi connectivity index (χ3v) is 3.01. The Labute approximate surface area is 129 Å². The Balaban J connectivity index is 0.000000180. The Hall–Kier alpha value is -0.280. The van der Waals surface area contributed by atoms with Crippen molar-refractivity contribution in [1.29, 1.82) is 0 Å². The molecule has 2 aromatic rings. The Morgan fingerprint density at radius 1 is 0.667 bits per heavy atom. The van der Waals surface area contributed by atoms with E-state index in [9.17, 15) is 0 Å². The van der Waals surface area contributed by atoms with E-state index in [2.05, 4.69) is 31.3 Å². The summed E-state index contributed by atoms with van der Waals surface area (Å²) in [6, 6.07) is 11.4. The highest BCUT2D eigenvalue weighted by molar-refractivity contribution is 7.81. The molecule has 96 valence electrons. The first kappa shape index (κ1) is 15.8. The zero-order valence-electron chi connectivity index (χ0n) is 10.1. The van der Waals surface area contributed by atoms with Crippen molar-refractivity contribution >= 4 is 48.5 Å². The molecule has 18 heavy (non-hydrogen) atoms. The molecular weight excluding hydrogens is 303 g/mol. The number of rotatable bonds is 0. The molecule has 0 heterocycles. The van der Waals surface area contributed by atoms with Crippen molar-refractivity contribution in [2.75, 3.05) is 0 Å². The first-order valence-electron chi connectivity index (χ1n) is 5.29. The Bertz CT molecular complexity index is 389. The van der Waals surface area contributed by atoms with Crippen LogP contribution in [0.25, 0.3) is 0 Å². The summed E-state index contributed by atoms with van der Waals surface area (Å²) < 4.78 is 0. The number of halogens is 2. The van der Waals surface area contributed by atoms with Gasteiger partial charge < -0.3 is 0 Å². The van der Waals surface area contributed by atoms with E-state index in [0.717, 1.165) is 14.8 Å². The van der Waals surface area contributed by atoms with Crippen molar-refractivity contribution in [1.82, 2.24) is 0 Å². The van der Waals surface area contributed by atoms with E-state index in [-0.39, 0.29) is 0 Å². The van der Waals surface area contributed by atoms with Gasteiger partial charge in [0.05, 0.1) is 0 Å². The summed E-state index contributed by atoms with van der Waals surface area (Å²) in [7, 11) is 0. The second kappa shape index (κ2) is 7.34. The average Bonchev–Trinajstić information content (AvgIpc) is 2.12. The summed E-state index contributed by atoms with van der Waals surface area (Å²) >= 11 is 19.6. The maximum Gasteiger partial charge on any atom is 0.0428 e. The van der Waals surface area contributed by atoms with E-state index in [0.29, 0.717) is 5.02 Å². The molecule has 0 unspecified atom stereocenters. The van der Waals surface area contributed by atoms with Crippen LogP contribution in [0.1, 0.15) is 11.1 Å². The maximum absolute atomic E-state index is 5.75. The van der Waals surface area contributed by atoms with Gasteiger partial charge in [-0.25, -0.2) is 0 Å². The Kier molecular flexibility index (Phi) is 6.44. The van der Waals surface area contributed by atoms with Gasteiger partial charge in [-0.05, 0) is 55.3 Å². The van der Waals surface area contributed by atoms with Crippen molar-refractivity contribution in [3.8, 4) is 0 Å². The van der Waals surface area contributed by atoms with Crippen LogP contribution in [0.15, 0.2) is 46.2 Å². The molecule has 4 heteroatoms. The van der Waals surface area contributed by atoms with E-state index < -0.39 is 0 Å². The molecule has 0 radical (unpaired) electrons. The molecule has 0 aliphatic heterocycles. The molecule has 0 nitrogen and oxygen atoms in total. The summed E-state index contributed by atoms with van der Waals surface area (Å²) in [5.74, 6) is 0. The second-order valence-electron chi connectivity index (χ2n) is 3.97. The first-order chi connectivity index (χ1) is 8.36. The summed E-state index contributed by atoms with van der Waals surface area (Å²) in [5.41, 5.74) is 2.44. The van der Waals surface area contributed by atoms with E-state index >= 15 is 0 Å². The van der Waals surface area contributed by atoms with Crippen LogP contribution in [0.3, 0.4) is 0 Å². The van der Waals surface area contributed by atoms with Crippen LogP contribution in [-0.2, 0) is 0 Å². The lowest BCUT2D eigenvalue weighted by atomic mass is 10.2. The van der Waals surface area contributed by atoms with Gasteiger partial charge in [0, 0.05) is 19.8 Å². The minimum absolute atomic E-state index is 0.674. The molecule has 0 aromatic heterocycles. The molecule has 0 atom stereocenters. The normalized spacial score (nSPS) is 9.67. The Morgan fingerprint density at radius 3 is 1.39 bits per heavy atom. The molecule has 0 N–H and O–H groups in total. The third kappa shape index (κ3) is 6.05. The van der Waals surface area contributed by atoms with Gasteiger partial charge in [0.15, 0.2) is 0 Å². The van der Waals surface area contributed by atoms with Gasteiger partial charge in [-0.1, -0.05) is 29.3 Å². The van der Waals surface area contributed by atoms with Crippen LogP contribution in [0, 0.1) is 13.8 Å². The van der Waals surface area contributed by atoms with Gasteiger partial charge in [-0.15, -0.1) is 25.3 Å². The van der Waals surface area contributed by atoms with Crippen LogP contribution in [0.5, 0.6) is 0 Å². The molecule has 0 amide bonds. The van der Waals surface area contributed by atoms with Crippen molar-refractivity contribution in [2.45, 2.75) is 23.6 Å². The van der Waals surface area contributed by atoms with Crippen LogP contribution in [0.2, 0.25) is 10.0 Å². The predicted octanol–water partition coefficient (Wildman–Crippen LogP) is 5.87. The highest BCUT2D eigenvalue weighted by Gasteiger charge is 1.91. The minimum Gasteiger partial charge on any atom is -0.143 e. The maximum atomic E-state index is 5.75. The van der Waals surface area contributed by atoms with Gasteiger partial charge in [0.2, 0.25) is 0 Å². The van der Waals surface area contributed by atoms with Gasteiger partial charge in [0.25, 0.3) is 0 Å². The molecule has 0 aliphatic carbocycles. The van der Waals surface area contributed by atoms with Crippen LogP contribution >= 0.6 is 48.5 Å². The topological polar surface area (TPSA) is 0 Å². The van der Waals surface area contributed by atoms with Crippen molar-refractivity contribution in [3.63, 3.8) is 0 Å². The average molecular weight is 317 g/mol. The van der Waals surface area contributed by atoms with Crippen molar-refractivity contribution in [3.05, 3.63) is 57.6 Å². The van der Waals surface area contributed by atoms with Gasteiger partial charge in [0.1, 0.15) is 0 Å². The molecular formula is C14H14Cl2S2. The fourth-order valence-electron chi connectivity index (χ4n) is 1.48. The monoisotopic (exact) mass is 316 g/mol. The lowest BCUT2D eigenvalue weighted by Crippen LogP contribution is -1.74. The smallest absolute Gasteiger partial charge is 0.0428 e. The quantitative estimate of drug-likeness (QED) is 0.557. The standard InChI is InChI=1S/C8H9Cl.C6H5ClS2/c1-6-3-7(2)5-8(9)4-6;7-4-1-5(8)3-6(9)2-4/h3-5H,1-2H3;1-3,8-9H. The number of benzene rings is 2. The van der Waals surface area contributed by atoms with Crippen molar-refractivity contribution in [2.24, 2.45) is 0 Å². The van der Waals surface area contributed by atoms with E-state index in [4.69, 9.17) is 23.2 Å². The number of thiol groups is 2. The number of hydrogen-bond donors (Lipinski definition) is 2. The minimum atomic E-state index is 0.674. The summed E-state index contributed by atoms with van der Waals surface area (Å²) in [6.45, 7) is 4.08. The van der Waals surface area contributed by atoms with Gasteiger partial charge in [-0.2, -0.15) is 0 Å². The fraction of sp³-hybridized carbons (Fsp3) is 0.143. The van der Waals surface area contributed by atoms with E-state index in [1.807, 2.05) is 32.0 Å². The van der Waals surface area contributed by atoms with Crippen LogP contribution in [0.4, 0.5) is 0 Å². The van der Waals surface area contributed by atoms with Gasteiger partial charge >= 0.3 is 0 Å². The highest BCUT2D eigenvalue weighted by Crippen LogP contribution is 2.19. The SMILES string of the molecule is Cc1cc(C)cc(Cl)c1.Sc1cc(S)cc(Cl)c1. The van der Waals surface area contributed by atoms with Crippen LogP contribution < -0.4 is 0 Å². The van der Waals surface area contributed by atoms with E-state index in [1.54, 1.807) is 12.1 Å². The molecule has 0 saturated heterocycles. The largest absolute Gasteiger partial charge is 0.143 e. The lowest BCUT2D eigenvalue weighted by molar-refractivity contribution is 1.35. The predicted molar refractivity (Wildman–Crippen MR) is 86.9 cm³/mol. The zero-order valence-corrected chi connectivity index (χ0v) is 13.4. The molecule has 2 rings (SSSR count). The lowest BCUT2D eigenvalue weighted by Gasteiger charge is -1.95. The first-order valence-corrected chi connectivity index (χ1v) is 6.94. The second-order valence-corrected chi connectivity index (χ2v) is 5.88. The number of aryl methyl sites for hydroxylation is 2. The molecule has 0 fully saturated rings. The summed E-state index contributed by atoms with van der Waals surface area (Å²) in [6.07, 6.45) is 0. The molecule has 2 aromatic carbocycles. The fourth-order valence-corrected chi connectivity index (χ4v) is 2.87. The molecule has 0 aliphatic rings. The number of hydrogen-bond acceptors (Lipinski definition) is 2.